The molecule has 0 spiro atoms. The van der Waals surface area contributed by atoms with E-state index in [0.29, 0.717) is 11.1 Å². The number of ketones is 1. The monoisotopic (exact) mass is 377 g/mol. The van der Waals surface area contributed by atoms with E-state index in [1.807, 2.05) is 0 Å². The molecule has 0 saturated carbocycles. The lowest BCUT2D eigenvalue weighted by molar-refractivity contribution is -0.137. The largest absolute Gasteiger partial charge is 0.417 e. The van der Waals surface area contributed by atoms with Crippen molar-refractivity contribution in [1.29, 1.82) is 0 Å². The molecule has 1 heterocycles. The second-order valence-electron chi connectivity index (χ2n) is 4.19. The minimum atomic E-state index is -4.50. The number of pyridine rings is 1. The number of carbonyl (C=O) groups is 1. The van der Waals surface area contributed by atoms with Gasteiger partial charge in [0.25, 0.3) is 0 Å². The van der Waals surface area contributed by atoms with Crippen molar-refractivity contribution >= 4 is 33.3 Å². The van der Waals surface area contributed by atoms with E-state index in [-0.39, 0.29) is 21.8 Å². The van der Waals surface area contributed by atoms with Crippen molar-refractivity contribution in [2.45, 2.75) is 6.18 Å². The van der Waals surface area contributed by atoms with E-state index in [1.165, 1.54) is 0 Å². The number of nitrogens with zero attached hydrogens (tertiary/aromatic N) is 1. The number of benzene rings is 1. The molecule has 0 amide bonds. The zero-order valence-corrected chi connectivity index (χ0v) is 12.8. The van der Waals surface area contributed by atoms with Crippen LogP contribution in [-0.4, -0.2) is 16.1 Å². The van der Waals surface area contributed by atoms with Crippen LogP contribution in [0.15, 0.2) is 36.5 Å². The average molecular weight is 379 g/mol. The number of alkyl halides is 4. The predicted molar refractivity (Wildman–Crippen MR) is 77.8 cm³/mol. The molecule has 0 atom stereocenters. The average Bonchev–Trinajstić information content (AvgIpc) is 2.45. The van der Waals surface area contributed by atoms with E-state index in [0.717, 1.165) is 12.3 Å². The fourth-order valence-corrected chi connectivity index (χ4v) is 2.32. The van der Waals surface area contributed by atoms with Gasteiger partial charge in [-0.1, -0.05) is 45.7 Å². The minimum Gasteiger partial charge on any atom is -0.293 e. The maximum Gasteiger partial charge on any atom is 0.417 e. The molecule has 0 radical (unpaired) electrons. The molecule has 2 rings (SSSR count). The van der Waals surface area contributed by atoms with E-state index in [1.54, 1.807) is 24.3 Å². The Kier molecular flexibility index (Phi) is 4.68. The Morgan fingerprint density at radius 2 is 2.00 bits per heavy atom. The number of Topliss-reactive ketones (excluding diaryl/α,β-unsaturated/α-hetero) is 1. The fraction of sp³-hybridized carbons (Fsp3) is 0.143. The van der Waals surface area contributed by atoms with Crippen LogP contribution < -0.4 is 0 Å². The van der Waals surface area contributed by atoms with Gasteiger partial charge in [0, 0.05) is 17.3 Å². The Morgan fingerprint density at radius 3 is 2.57 bits per heavy atom. The van der Waals surface area contributed by atoms with Crippen LogP contribution in [0, 0.1) is 0 Å². The number of hydrogen-bond acceptors (Lipinski definition) is 2. The third kappa shape index (κ3) is 3.63. The highest BCUT2D eigenvalue weighted by Gasteiger charge is 2.31. The third-order valence-corrected chi connectivity index (χ3v) is 3.55. The van der Waals surface area contributed by atoms with Gasteiger partial charge in [-0.25, -0.2) is 0 Å². The first-order chi connectivity index (χ1) is 9.82. The molecule has 2 aromatic rings. The molecular weight excluding hydrogens is 371 g/mol. The van der Waals surface area contributed by atoms with Crippen molar-refractivity contribution in [3.05, 3.63) is 52.7 Å². The first-order valence-electron chi connectivity index (χ1n) is 5.75. The highest BCUT2D eigenvalue weighted by atomic mass is 79.9. The molecule has 0 saturated heterocycles. The first-order valence-corrected chi connectivity index (χ1v) is 7.25. The van der Waals surface area contributed by atoms with Gasteiger partial charge in [0.1, 0.15) is 0 Å². The number of halogens is 5. The molecule has 0 aliphatic rings. The van der Waals surface area contributed by atoms with Crippen LogP contribution >= 0.6 is 27.5 Å². The Morgan fingerprint density at radius 1 is 1.29 bits per heavy atom. The second kappa shape index (κ2) is 6.15. The second-order valence-corrected chi connectivity index (χ2v) is 5.16. The van der Waals surface area contributed by atoms with Crippen molar-refractivity contribution in [2.75, 3.05) is 5.33 Å². The lowest BCUT2D eigenvalue weighted by atomic mass is 10.0. The van der Waals surface area contributed by atoms with Crippen LogP contribution in [0.25, 0.3) is 11.3 Å². The van der Waals surface area contributed by atoms with Crippen molar-refractivity contribution in [1.82, 2.24) is 4.98 Å². The molecule has 21 heavy (non-hydrogen) atoms. The number of carbonyl (C=O) groups excluding carboxylic acids is 1. The van der Waals surface area contributed by atoms with Crippen molar-refractivity contribution in [2.24, 2.45) is 0 Å². The van der Waals surface area contributed by atoms with Gasteiger partial charge in [0.15, 0.2) is 5.78 Å². The third-order valence-electron chi connectivity index (χ3n) is 2.75. The molecule has 2 nitrogen and oxygen atoms in total. The van der Waals surface area contributed by atoms with Crippen molar-refractivity contribution in [3.8, 4) is 11.3 Å². The van der Waals surface area contributed by atoms with Crippen LogP contribution in [0.2, 0.25) is 5.02 Å². The number of rotatable bonds is 3. The van der Waals surface area contributed by atoms with Crippen LogP contribution in [0.3, 0.4) is 0 Å². The first kappa shape index (κ1) is 16.0. The molecule has 0 aliphatic heterocycles. The summed E-state index contributed by atoms with van der Waals surface area (Å²) in [5.41, 5.74) is 0.209. The Labute approximate surface area is 132 Å². The summed E-state index contributed by atoms with van der Waals surface area (Å²) in [6, 6.07) is 7.24. The van der Waals surface area contributed by atoms with Crippen LogP contribution in [0.5, 0.6) is 0 Å². The zero-order chi connectivity index (χ0) is 15.6. The Hall–Kier alpha value is -1.40. The summed E-state index contributed by atoms with van der Waals surface area (Å²) >= 11 is 8.94. The summed E-state index contributed by atoms with van der Waals surface area (Å²) < 4.78 is 37.7. The highest BCUT2D eigenvalue weighted by molar-refractivity contribution is 9.09. The van der Waals surface area contributed by atoms with Crippen LogP contribution in [-0.2, 0) is 6.18 Å². The molecule has 0 bridgehead atoms. The van der Waals surface area contributed by atoms with Gasteiger partial charge in [-0.2, -0.15) is 13.2 Å². The molecule has 110 valence electrons. The highest BCUT2D eigenvalue weighted by Crippen LogP contribution is 2.34. The predicted octanol–water partition coefficient (Wildman–Crippen LogP) is 5.00. The van der Waals surface area contributed by atoms with Crippen molar-refractivity contribution < 1.29 is 18.0 Å². The lowest BCUT2D eigenvalue weighted by Gasteiger charge is -2.09. The SMILES string of the molecule is O=C(CBr)c1cccc(-c2ncc(C(F)(F)F)cc2Cl)c1. The molecule has 0 N–H and O–H groups in total. The molecule has 1 aromatic carbocycles. The summed E-state index contributed by atoms with van der Waals surface area (Å²) in [5.74, 6) is -0.139. The summed E-state index contributed by atoms with van der Waals surface area (Å²) in [4.78, 5) is 15.4. The Bertz CT molecular complexity index is 688. The van der Waals surface area contributed by atoms with E-state index in [2.05, 4.69) is 20.9 Å². The van der Waals surface area contributed by atoms with E-state index >= 15 is 0 Å². The maximum absolute atomic E-state index is 12.6. The van der Waals surface area contributed by atoms with E-state index < -0.39 is 11.7 Å². The smallest absolute Gasteiger partial charge is 0.293 e. The number of hydrogen-bond donors (Lipinski definition) is 0. The van der Waals surface area contributed by atoms with Gasteiger partial charge >= 0.3 is 6.18 Å². The van der Waals surface area contributed by atoms with Crippen LogP contribution in [0.1, 0.15) is 15.9 Å². The summed E-state index contributed by atoms with van der Waals surface area (Å²) in [6.07, 6.45) is -3.77. The van der Waals surface area contributed by atoms with Gasteiger partial charge in [-0.15, -0.1) is 0 Å². The summed E-state index contributed by atoms with van der Waals surface area (Å²) in [5, 5.41) is 0.0400. The minimum absolute atomic E-state index is 0.117. The van der Waals surface area contributed by atoms with Gasteiger partial charge in [-0.3, -0.25) is 9.78 Å². The van der Waals surface area contributed by atoms with E-state index in [4.69, 9.17) is 11.6 Å². The normalized spacial score (nSPS) is 11.5. The van der Waals surface area contributed by atoms with Gasteiger partial charge in [-0.05, 0) is 12.1 Å². The molecule has 0 fully saturated rings. The van der Waals surface area contributed by atoms with Gasteiger partial charge in [0.05, 0.1) is 21.6 Å². The lowest BCUT2D eigenvalue weighted by Crippen LogP contribution is -2.06. The van der Waals surface area contributed by atoms with Crippen molar-refractivity contribution in [3.63, 3.8) is 0 Å². The maximum atomic E-state index is 12.6. The topological polar surface area (TPSA) is 30.0 Å². The molecule has 0 aliphatic carbocycles. The summed E-state index contributed by atoms with van der Waals surface area (Å²) in [6.45, 7) is 0. The molecular formula is C14H8BrClF3NO. The summed E-state index contributed by atoms with van der Waals surface area (Å²) in [7, 11) is 0. The number of aromatic nitrogens is 1. The standard InChI is InChI=1S/C14H8BrClF3NO/c15-6-12(21)8-2-1-3-9(4-8)13-11(16)5-10(7-20-13)14(17,18)19/h1-5,7H,6H2. The van der Waals surface area contributed by atoms with Gasteiger partial charge < -0.3 is 0 Å². The molecule has 0 unspecified atom stereocenters. The zero-order valence-electron chi connectivity index (χ0n) is 10.4. The quantitative estimate of drug-likeness (QED) is 0.556. The molecule has 1 aromatic heterocycles. The van der Waals surface area contributed by atoms with Crippen LogP contribution in [0.4, 0.5) is 13.2 Å². The van der Waals surface area contributed by atoms with E-state index in [9.17, 15) is 18.0 Å². The Balaban J connectivity index is 2.46. The molecule has 7 heteroatoms. The van der Waals surface area contributed by atoms with Gasteiger partial charge in [0.2, 0.25) is 0 Å². The fourth-order valence-electron chi connectivity index (χ4n) is 1.72.